The molecule has 0 atom stereocenters. The maximum absolute atomic E-state index is 12.6. The maximum atomic E-state index is 12.6. The Balaban J connectivity index is 1.99. The summed E-state index contributed by atoms with van der Waals surface area (Å²) in [4.78, 5) is 19.4. The summed E-state index contributed by atoms with van der Waals surface area (Å²) in [5.74, 6) is 1.07. The Kier molecular flexibility index (Phi) is 4.41. The van der Waals surface area contributed by atoms with Crippen molar-refractivity contribution in [2.75, 3.05) is 32.1 Å². The van der Waals surface area contributed by atoms with E-state index < -0.39 is 0 Å². The van der Waals surface area contributed by atoms with Crippen LogP contribution >= 0.6 is 0 Å². The van der Waals surface area contributed by atoms with Gasteiger partial charge >= 0.3 is 0 Å². The fraction of sp³-hybridized carbons (Fsp3) is 0.238. The summed E-state index contributed by atoms with van der Waals surface area (Å²) in [5.41, 5.74) is 8.42. The Morgan fingerprint density at radius 3 is 2.81 bits per heavy atom. The smallest absolute Gasteiger partial charge is 0.190 e. The molecule has 27 heavy (non-hydrogen) atoms. The molecule has 1 aliphatic carbocycles. The van der Waals surface area contributed by atoms with Crippen molar-refractivity contribution in [3.63, 3.8) is 0 Å². The number of ether oxygens (including phenoxy) is 1. The van der Waals surface area contributed by atoms with Crippen molar-refractivity contribution in [3.8, 4) is 17.2 Å². The minimum absolute atomic E-state index is 0.115. The van der Waals surface area contributed by atoms with Gasteiger partial charge in [0.15, 0.2) is 16.8 Å². The maximum Gasteiger partial charge on any atom is 0.190 e. The highest BCUT2D eigenvalue weighted by Gasteiger charge is 2.19. The fourth-order valence-electron chi connectivity index (χ4n) is 3.14. The van der Waals surface area contributed by atoms with Gasteiger partial charge in [0.05, 0.1) is 12.0 Å². The van der Waals surface area contributed by atoms with Crippen LogP contribution in [0.25, 0.3) is 33.3 Å². The molecule has 6 nitrogen and oxygen atoms in total. The van der Waals surface area contributed by atoms with E-state index in [0.717, 1.165) is 17.6 Å². The molecule has 1 heterocycles. The Bertz CT molecular complexity index is 1150. The number of nitrogens with zero attached hydrogens (tertiary/aromatic N) is 2. The van der Waals surface area contributed by atoms with Gasteiger partial charge in [0.25, 0.3) is 0 Å². The van der Waals surface area contributed by atoms with Crippen LogP contribution < -0.4 is 20.8 Å². The lowest BCUT2D eigenvalue weighted by Gasteiger charge is -2.15. The fourth-order valence-corrected chi connectivity index (χ4v) is 3.14. The minimum atomic E-state index is -0.115. The lowest BCUT2D eigenvalue weighted by molar-refractivity contribution is 0.317. The summed E-state index contributed by atoms with van der Waals surface area (Å²) in [6.45, 7) is 1.03. The molecule has 2 aromatic rings. The molecule has 4 rings (SSSR count). The molecule has 0 unspecified atom stereocenters. The van der Waals surface area contributed by atoms with Crippen LogP contribution in [0.5, 0.6) is 5.75 Å². The third kappa shape index (κ3) is 3.08. The van der Waals surface area contributed by atoms with Crippen LogP contribution in [-0.4, -0.2) is 32.2 Å². The minimum Gasteiger partial charge on any atom is -0.493 e. The molecule has 0 fully saturated rings. The summed E-state index contributed by atoms with van der Waals surface area (Å²) in [6.07, 6.45) is 0.736. The van der Waals surface area contributed by atoms with Crippen LogP contribution in [0.4, 0.5) is 5.69 Å². The lowest BCUT2D eigenvalue weighted by Crippen LogP contribution is -2.09. The topological polar surface area (TPSA) is 81.6 Å². The number of benzene rings is 3. The number of nitrogens with two attached hydrogens (primary N) is 1. The monoisotopic (exact) mass is 363 g/mol. The van der Waals surface area contributed by atoms with Crippen LogP contribution in [0.1, 0.15) is 6.42 Å². The first kappa shape index (κ1) is 17.3. The van der Waals surface area contributed by atoms with Crippen molar-refractivity contribution >= 4 is 27.6 Å². The lowest BCUT2D eigenvalue weighted by atomic mass is 10.0. The summed E-state index contributed by atoms with van der Waals surface area (Å²) < 4.78 is 11.9. The second-order valence-corrected chi connectivity index (χ2v) is 6.65. The summed E-state index contributed by atoms with van der Waals surface area (Å²) >= 11 is 0. The number of rotatable bonds is 5. The molecule has 0 radical (unpaired) electrons. The highest BCUT2D eigenvalue weighted by Crippen LogP contribution is 2.36. The van der Waals surface area contributed by atoms with E-state index in [9.17, 15) is 4.79 Å². The first-order chi connectivity index (χ1) is 13.1. The molecule has 0 saturated heterocycles. The van der Waals surface area contributed by atoms with Crippen LogP contribution in [0.3, 0.4) is 0 Å². The molecule has 0 amide bonds. The van der Waals surface area contributed by atoms with Gasteiger partial charge in [0.2, 0.25) is 0 Å². The van der Waals surface area contributed by atoms with E-state index in [1.807, 2.05) is 49.3 Å². The predicted octanol–water partition coefficient (Wildman–Crippen LogP) is 3.24. The normalized spacial score (nSPS) is 11.4. The van der Waals surface area contributed by atoms with Gasteiger partial charge < -0.3 is 19.8 Å². The van der Waals surface area contributed by atoms with Crippen molar-refractivity contribution in [2.24, 2.45) is 5.73 Å². The second kappa shape index (κ2) is 6.89. The van der Waals surface area contributed by atoms with Crippen molar-refractivity contribution in [3.05, 3.63) is 52.7 Å². The molecule has 0 saturated carbocycles. The first-order valence-corrected chi connectivity index (χ1v) is 8.89. The van der Waals surface area contributed by atoms with E-state index in [-0.39, 0.29) is 5.43 Å². The third-order valence-corrected chi connectivity index (χ3v) is 4.54. The van der Waals surface area contributed by atoms with Gasteiger partial charge in [-0.05, 0) is 31.2 Å². The average molecular weight is 363 g/mol. The summed E-state index contributed by atoms with van der Waals surface area (Å²) in [5, 5.41) is 1.25. The predicted molar refractivity (Wildman–Crippen MR) is 108 cm³/mol. The average Bonchev–Trinajstić information content (AvgIpc) is 2.66. The second-order valence-electron chi connectivity index (χ2n) is 6.65. The van der Waals surface area contributed by atoms with Crippen molar-refractivity contribution < 1.29 is 9.15 Å². The van der Waals surface area contributed by atoms with E-state index in [4.69, 9.17) is 19.9 Å². The Morgan fingerprint density at radius 2 is 2.04 bits per heavy atom. The molecule has 2 aromatic carbocycles. The van der Waals surface area contributed by atoms with Gasteiger partial charge in [-0.2, -0.15) is 0 Å². The van der Waals surface area contributed by atoms with E-state index >= 15 is 0 Å². The molecule has 138 valence electrons. The number of hydrogen-bond donors (Lipinski definition) is 1. The highest BCUT2D eigenvalue weighted by molar-refractivity contribution is 6.00. The van der Waals surface area contributed by atoms with Gasteiger partial charge in [0, 0.05) is 37.3 Å². The Morgan fingerprint density at radius 1 is 1.19 bits per heavy atom. The van der Waals surface area contributed by atoms with Crippen LogP contribution in [-0.2, 0) is 0 Å². The van der Waals surface area contributed by atoms with Gasteiger partial charge in [-0.15, -0.1) is 0 Å². The molecule has 2 N–H and O–H groups in total. The van der Waals surface area contributed by atoms with E-state index in [0.29, 0.717) is 46.7 Å². The zero-order valence-corrected chi connectivity index (χ0v) is 15.4. The van der Waals surface area contributed by atoms with Crippen LogP contribution in [0.15, 0.2) is 51.7 Å². The third-order valence-electron chi connectivity index (χ3n) is 4.54. The summed E-state index contributed by atoms with van der Waals surface area (Å²) in [7, 11) is 3.92. The van der Waals surface area contributed by atoms with Gasteiger partial charge in [-0.3, -0.25) is 4.79 Å². The first-order valence-electron chi connectivity index (χ1n) is 8.89. The van der Waals surface area contributed by atoms with E-state index in [1.54, 1.807) is 6.07 Å². The largest absolute Gasteiger partial charge is 0.493 e. The molecule has 6 heteroatoms. The van der Waals surface area contributed by atoms with Gasteiger partial charge in [-0.1, -0.05) is 12.1 Å². The molecular weight excluding hydrogens is 342 g/mol. The van der Waals surface area contributed by atoms with Crippen molar-refractivity contribution in [1.29, 1.82) is 0 Å². The van der Waals surface area contributed by atoms with Crippen LogP contribution in [0, 0.1) is 0 Å². The molecular formula is C21H21N3O3. The van der Waals surface area contributed by atoms with Gasteiger partial charge in [-0.25, -0.2) is 4.98 Å². The number of anilines is 1. The molecule has 0 bridgehead atoms. The van der Waals surface area contributed by atoms with Crippen molar-refractivity contribution in [1.82, 2.24) is 4.98 Å². The molecule has 2 aliphatic rings. The zero-order valence-electron chi connectivity index (χ0n) is 15.4. The number of aromatic nitrogens is 1. The zero-order chi connectivity index (χ0) is 19.0. The van der Waals surface area contributed by atoms with Crippen LogP contribution in [0.2, 0.25) is 0 Å². The Hall–Kier alpha value is -3.12. The molecule has 1 aliphatic heterocycles. The quantitative estimate of drug-likeness (QED) is 0.333. The SMILES string of the molecule is CN(C)c1ccc2nc3c4c(OCCCN)cccc4c(=O)cc-3oc2c1. The number of hydrogen-bond acceptors (Lipinski definition) is 6. The van der Waals surface area contributed by atoms with Crippen molar-refractivity contribution in [2.45, 2.75) is 6.42 Å². The molecule has 0 aromatic heterocycles. The van der Waals surface area contributed by atoms with E-state index in [1.165, 1.54) is 6.07 Å². The number of fused-ring (bicyclic) bond motifs is 4. The highest BCUT2D eigenvalue weighted by atomic mass is 16.5. The summed E-state index contributed by atoms with van der Waals surface area (Å²) in [6, 6.07) is 12.8. The Labute approximate surface area is 156 Å². The van der Waals surface area contributed by atoms with Gasteiger partial charge in [0.1, 0.15) is 17.0 Å². The van der Waals surface area contributed by atoms with E-state index in [2.05, 4.69) is 0 Å². The molecule has 0 spiro atoms. The standard InChI is InChI=1S/C21H21N3O3/c1-24(2)13-7-8-15-18(11-13)27-19-12-16(25)14-5-3-6-17(26-10-4-9-22)20(14)21(19)23-15/h3,5-8,11-12H,4,9-10,22H2,1-2H3.